The van der Waals surface area contributed by atoms with E-state index in [0.717, 1.165) is 5.56 Å². The van der Waals surface area contributed by atoms with Gasteiger partial charge in [-0.1, -0.05) is 17.7 Å². The van der Waals surface area contributed by atoms with Gasteiger partial charge in [0, 0.05) is 0 Å². The highest BCUT2D eigenvalue weighted by atomic mass is 31.1. The molecule has 1 atom stereocenters. The molecule has 1 aromatic carbocycles. The molecule has 0 fully saturated rings. The van der Waals surface area contributed by atoms with Gasteiger partial charge >= 0.3 is 14.2 Å². The topological polar surface area (TPSA) is 61.8 Å². The molecule has 88 valence electrons. The number of methoxy groups -OCH3 is 1. The fourth-order valence-corrected chi connectivity index (χ4v) is 1.53. The van der Waals surface area contributed by atoms with Gasteiger partial charge in [0.2, 0.25) is 0 Å². The zero-order valence-corrected chi connectivity index (χ0v) is 10.1. The summed E-state index contributed by atoms with van der Waals surface area (Å²) in [6.07, 6.45) is 0. The largest absolute Gasteiger partial charge is 0.467 e. The zero-order chi connectivity index (χ0) is 12.0. The minimum atomic E-state index is -2.71. The number of carbonyl (C=O) groups excluding carboxylic acids is 1. The minimum absolute atomic E-state index is 0.375. The molecule has 0 heterocycles. The van der Waals surface area contributed by atoms with Gasteiger partial charge in [0.05, 0.1) is 7.11 Å². The molecule has 1 unspecified atom stereocenters. The van der Waals surface area contributed by atoms with E-state index in [1.807, 2.05) is 19.1 Å². The first-order chi connectivity index (χ1) is 7.61. The molecule has 16 heavy (non-hydrogen) atoms. The summed E-state index contributed by atoms with van der Waals surface area (Å²) in [5.74, 6) is -0.148. The smallest absolute Gasteiger partial charge is 0.368 e. The van der Waals surface area contributed by atoms with Gasteiger partial charge < -0.3 is 9.26 Å². The molecule has 0 bridgehead atoms. The van der Waals surface area contributed by atoms with Crippen molar-refractivity contribution in [1.29, 1.82) is 0 Å². The number of esters is 1. The third kappa shape index (κ3) is 4.47. The first kappa shape index (κ1) is 12.7. The van der Waals surface area contributed by atoms with Crippen molar-refractivity contribution in [3.05, 3.63) is 29.8 Å². The predicted molar refractivity (Wildman–Crippen MR) is 58.8 cm³/mol. The van der Waals surface area contributed by atoms with Gasteiger partial charge in [-0.05, 0) is 19.1 Å². The molecular weight excluding hydrogens is 231 g/mol. The lowest BCUT2D eigenvalue weighted by atomic mass is 10.2. The molecule has 0 aliphatic rings. The first-order valence-corrected chi connectivity index (χ1v) is 5.82. The minimum Gasteiger partial charge on any atom is -0.467 e. The maximum Gasteiger partial charge on any atom is 0.368 e. The Balaban J connectivity index is 2.40. The number of rotatable bonds is 5. The van der Waals surface area contributed by atoms with Crippen molar-refractivity contribution in [1.82, 2.24) is 0 Å². The summed E-state index contributed by atoms with van der Waals surface area (Å²) in [7, 11) is -1.48. The van der Waals surface area contributed by atoms with Gasteiger partial charge in [-0.3, -0.25) is 4.52 Å². The van der Waals surface area contributed by atoms with E-state index >= 15 is 0 Å². The number of hydrogen-bond acceptors (Lipinski definition) is 5. The fourth-order valence-electron chi connectivity index (χ4n) is 0.909. The van der Waals surface area contributed by atoms with Crippen LogP contribution in [-0.4, -0.2) is 19.7 Å². The molecule has 0 radical (unpaired) electrons. The van der Waals surface area contributed by atoms with Crippen molar-refractivity contribution in [3.8, 4) is 5.75 Å². The molecule has 0 saturated heterocycles. The van der Waals surface area contributed by atoms with E-state index < -0.39 is 14.2 Å². The van der Waals surface area contributed by atoms with Crippen LogP contribution in [0.25, 0.3) is 0 Å². The lowest BCUT2D eigenvalue weighted by Crippen LogP contribution is -2.07. The van der Waals surface area contributed by atoms with Crippen molar-refractivity contribution in [2.24, 2.45) is 0 Å². The maximum atomic E-state index is 11.3. The lowest BCUT2D eigenvalue weighted by molar-refractivity contribution is -0.142. The van der Waals surface area contributed by atoms with Crippen LogP contribution in [0.3, 0.4) is 0 Å². The second-order valence-corrected chi connectivity index (χ2v) is 4.02. The van der Waals surface area contributed by atoms with Gasteiger partial charge in [0.1, 0.15) is 5.75 Å². The summed E-state index contributed by atoms with van der Waals surface area (Å²) < 4.78 is 25.2. The van der Waals surface area contributed by atoms with E-state index in [2.05, 4.69) is 9.26 Å². The highest BCUT2D eigenvalue weighted by molar-refractivity contribution is 7.33. The maximum absolute atomic E-state index is 11.3. The zero-order valence-electron chi connectivity index (χ0n) is 9.06. The molecule has 0 amide bonds. The van der Waals surface area contributed by atoms with Gasteiger partial charge in [-0.25, -0.2) is 9.36 Å². The Morgan fingerprint density at radius 3 is 2.50 bits per heavy atom. The number of ether oxygens (including phenoxy) is 1. The van der Waals surface area contributed by atoms with Crippen LogP contribution >= 0.6 is 8.25 Å². The third-order valence-corrected chi connectivity index (χ3v) is 2.54. The van der Waals surface area contributed by atoms with E-state index in [0.29, 0.717) is 5.75 Å². The molecule has 0 spiro atoms. The van der Waals surface area contributed by atoms with Crippen molar-refractivity contribution < 1.29 is 23.1 Å². The predicted octanol–water partition coefficient (Wildman–Crippen LogP) is 1.95. The first-order valence-electron chi connectivity index (χ1n) is 4.60. The highest BCUT2D eigenvalue weighted by Gasteiger charge is 2.06. The molecule has 1 rings (SSSR count). The monoisotopic (exact) mass is 244 g/mol. The van der Waals surface area contributed by atoms with Gasteiger partial charge in [-0.2, -0.15) is 0 Å². The SMILES string of the molecule is COC(=O)CO[PH](=O)Oc1ccc(C)cc1. The summed E-state index contributed by atoms with van der Waals surface area (Å²) >= 11 is 0. The van der Waals surface area contributed by atoms with Crippen LogP contribution in [0.4, 0.5) is 0 Å². The Bertz CT molecular complexity index is 373. The van der Waals surface area contributed by atoms with Crippen LogP contribution in [0.15, 0.2) is 24.3 Å². The van der Waals surface area contributed by atoms with Gasteiger partial charge in [-0.15, -0.1) is 0 Å². The standard InChI is InChI=1S/C10H13O5P/c1-8-3-5-9(6-4-8)15-16(12)14-7-10(11)13-2/h3-6,16H,7H2,1-2H3. The average Bonchev–Trinajstić information content (AvgIpc) is 2.29. The molecule has 0 saturated carbocycles. The van der Waals surface area contributed by atoms with Crippen LogP contribution in [0.1, 0.15) is 5.56 Å². The molecule has 0 aliphatic carbocycles. The third-order valence-electron chi connectivity index (χ3n) is 1.76. The van der Waals surface area contributed by atoms with Gasteiger partial charge in [0.15, 0.2) is 6.61 Å². The number of benzene rings is 1. The van der Waals surface area contributed by atoms with E-state index in [-0.39, 0.29) is 6.61 Å². The van der Waals surface area contributed by atoms with Crippen LogP contribution in [0.2, 0.25) is 0 Å². The lowest BCUT2D eigenvalue weighted by Gasteiger charge is -2.06. The fraction of sp³-hybridized carbons (Fsp3) is 0.300. The number of hydrogen-bond donors (Lipinski definition) is 0. The van der Waals surface area contributed by atoms with Crippen molar-refractivity contribution in [2.45, 2.75) is 6.92 Å². The summed E-state index contributed by atoms with van der Waals surface area (Å²) in [5, 5.41) is 0. The molecule has 6 heteroatoms. The van der Waals surface area contributed by atoms with Crippen LogP contribution < -0.4 is 4.52 Å². The summed E-state index contributed by atoms with van der Waals surface area (Å²) in [5.41, 5.74) is 1.07. The van der Waals surface area contributed by atoms with Crippen molar-refractivity contribution >= 4 is 14.2 Å². The Kier molecular flexibility index (Phi) is 5.02. The molecule has 5 nitrogen and oxygen atoms in total. The van der Waals surface area contributed by atoms with E-state index in [1.165, 1.54) is 7.11 Å². The molecule has 0 N–H and O–H groups in total. The van der Waals surface area contributed by atoms with Crippen molar-refractivity contribution in [3.63, 3.8) is 0 Å². The van der Waals surface area contributed by atoms with E-state index in [4.69, 9.17) is 4.52 Å². The number of carbonyl (C=O) groups is 1. The highest BCUT2D eigenvalue weighted by Crippen LogP contribution is 2.27. The summed E-state index contributed by atoms with van der Waals surface area (Å²) in [4.78, 5) is 10.7. The Morgan fingerprint density at radius 2 is 1.94 bits per heavy atom. The van der Waals surface area contributed by atoms with Gasteiger partial charge in [0.25, 0.3) is 0 Å². The van der Waals surface area contributed by atoms with E-state index in [1.54, 1.807) is 12.1 Å². The Hall–Kier alpha value is -1.32. The Labute approximate surface area is 94.3 Å². The average molecular weight is 244 g/mol. The molecular formula is C10H13O5P. The van der Waals surface area contributed by atoms with Crippen molar-refractivity contribution in [2.75, 3.05) is 13.7 Å². The molecule has 1 aromatic rings. The van der Waals surface area contributed by atoms with Crippen LogP contribution in [0.5, 0.6) is 5.75 Å². The van der Waals surface area contributed by atoms with Crippen LogP contribution in [0, 0.1) is 6.92 Å². The normalized spacial score (nSPS) is 11.9. The second kappa shape index (κ2) is 6.30. The molecule has 0 aliphatic heterocycles. The quantitative estimate of drug-likeness (QED) is 0.585. The van der Waals surface area contributed by atoms with E-state index in [9.17, 15) is 9.36 Å². The Morgan fingerprint density at radius 1 is 1.31 bits per heavy atom. The number of aryl methyl sites for hydroxylation is 1. The summed E-state index contributed by atoms with van der Waals surface area (Å²) in [6, 6.07) is 7.01. The second-order valence-electron chi connectivity index (χ2n) is 3.03. The summed E-state index contributed by atoms with van der Waals surface area (Å²) in [6.45, 7) is 1.56. The molecule has 0 aromatic heterocycles. The van der Waals surface area contributed by atoms with Crippen LogP contribution in [-0.2, 0) is 18.6 Å².